The summed E-state index contributed by atoms with van der Waals surface area (Å²) >= 11 is 6.86. The zero-order valence-corrected chi connectivity index (χ0v) is 13.9. The first-order valence-electron chi connectivity index (χ1n) is 6.54. The van der Waals surface area contributed by atoms with Gasteiger partial charge in [-0.05, 0) is 47.0 Å². The molecule has 1 aromatic rings. The molecule has 5 heteroatoms. The van der Waals surface area contributed by atoms with E-state index in [0.29, 0.717) is 6.54 Å². The molecule has 0 heterocycles. The number of halogens is 2. The molecule has 0 aromatic heterocycles. The lowest BCUT2D eigenvalue weighted by atomic mass is 9.73. The molecule has 1 saturated carbocycles. The molecule has 0 aliphatic heterocycles. The molecule has 0 unspecified atom stereocenters. The van der Waals surface area contributed by atoms with E-state index in [-0.39, 0.29) is 11.3 Å². The minimum absolute atomic E-state index is 0.0534. The van der Waals surface area contributed by atoms with E-state index in [1.54, 1.807) is 0 Å². The van der Waals surface area contributed by atoms with Crippen LogP contribution in [0.15, 0.2) is 27.1 Å². The number of hydrogen-bond donors (Lipinski definition) is 2. The van der Waals surface area contributed by atoms with Crippen LogP contribution in [0.1, 0.15) is 32.1 Å². The molecule has 0 atom stereocenters. The van der Waals surface area contributed by atoms with Crippen molar-refractivity contribution in [3.05, 3.63) is 27.1 Å². The fourth-order valence-electron chi connectivity index (χ4n) is 2.60. The van der Waals surface area contributed by atoms with E-state index in [0.717, 1.165) is 40.3 Å². The average Bonchev–Trinajstić information content (AvgIpc) is 2.42. The van der Waals surface area contributed by atoms with E-state index < -0.39 is 0 Å². The Bertz CT molecular complexity index is 471. The second-order valence-electron chi connectivity index (χ2n) is 5.12. The second-order valence-corrected chi connectivity index (χ2v) is 6.89. The van der Waals surface area contributed by atoms with Crippen molar-refractivity contribution in [3.8, 4) is 0 Å². The SMILES string of the molecule is NCC1(C(=O)Nc2ccc(Br)cc2Br)CCCCC1. The molecule has 1 aliphatic carbocycles. The Balaban J connectivity index is 2.15. The Hall–Kier alpha value is -0.390. The normalized spacial score (nSPS) is 18.1. The first kappa shape index (κ1) is 15.0. The number of hydrogen-bond acceptors (Lipinski definition) is 2. The number of benzene rings is 1. The van der Waals surface area contributed by atoms with E-state index in [1.807, 2.05) is 18.2 Å². The molecule has 2 rings (SSSR count). The summed E-state index contributed by atoms with van der Waals surface area (Å²) in [5.41, 5.74) is 6.29. The van der Waals surface area contributed by atoms with E-state index in [2.05, 4.69) is 37.2 Å². The molecule has 0 bridgehead atoms. The lowest BCUT2D eigenvalue weighted by Gasteiger charge is -2.34. The van der Waals surface area contributed by atoms with Gasteiger partial charge in [-0.25, -0.2) is 0 Å². The third-order valence-corrected chi connectivity index (χ3v) is 5.01. The molecule has 19 heavy (non-hydrogen) atoms. The van der Waals surface area contributed by atoms with Crippen LogP contribution in [-0.4, -0.2) is 12.5 Å². The van der Waals surface area contributed by atoms with Gasteiger partial charge in [-0.1, -0.05) is 35.2 Å². The van der Waals surface area contributed by atoms with Crippen molar-refractivity contribution in [2.24, 2.45) is 11.1 Å². The number of anilines is 1. The monoisotopic (exact) mass is 388 g/mol. The zero-order chi connectivity index (χ0) is 13.9. The Morgan fingerprint density at radius 1 is 1.26 bits per heavy atom. The zero-order valence-electron chi connectivity index (χ0n) is 10.7. The molecule has 0 saturated heterocycles. The van der Waals surface area contributed by atoms with Crippen LogP contribution in [0, 0.1) is 5.41 Å². The summed E-state index contributed by atoms with van der Waals surface area (Å²) < 4.78 is 1.85. The minimum Gasteiger partial charge on any atom is -0.329 e. The average molecular weight is 390 g/mol. The fourth-order valence-corrected chi connectivity index (χ4v) is 3.74. The van der Waals surface area contributed by atoms with Crippen LogP contribution < -0.4 is 11.1 Å². The van der Waals surface area contributed by atoms with Crippen LogP contribution in [0.25, 0.3) is 0 Å². The topological polar surface area (TPSA) is 55.1 Å². The van der Waals surface area contributed by atoms with Gasteiger partial charge in [0.15, 0.2) is 0 Å². The van der Waals surface area contributed by atoms with Crippen molar-refractivity contribution < 1.29 is 4.79 Å². The molecule has 104 valence electrons. The van der Waals surface area contributed by atoms with Crippen molar-refractivity contribution in [2.75, 3.05) is 11.9 Å². The van der Waals surface area contributed by atoms with Gasteiger partial charge in [0, 0.05) is 15.5 Å². The maximum absolute atomic E-state index is 12.5. The Morgan fingerprint density at radius 3 is 2.53 bits per heavy atom. The van der Waals surface area contributed by atoms with Crippen molar-refractivity contribution in [1.29, 1.82) is 0 Å². The summed E-state index contributed by atoms with van der Waals surface area (Å²) in [5.74, 6) is 0.0534. The lowest BCUT2D eigenvalue weighted by molar-refractivity contribution is -0.126. The summed E-state index contributed by atoms with van der Waals surface area (Å²) in [6.07, 6.45) is 5.17. The number of carbonyl (C=O) groups is 1. The largest absolute Gasteiger partial charge is 0.329 e. The summed E-state index contributed by atoms with van der Waals surface area (Å²) in [6, 6.07) is 5.72. The predicted molar refractivity (Wildman–Crippen MR) is 85.0 cm³/mol. The van der Waals surface area contributed by atoms with Crippen LogP contribution in [0.5, 0.6) is 0 Å². The first-order chi connectivity index (χ1) is 9.07. The third kappa shape index (κ3) is 3.38. The maximum Gasteiger partial charge on any atom is 0.231 e. The molecular formula is C14H18Br2N2O. The number of nitrogens with two attached hydrogens (primary N) is 1. The number of amides is 1. The van der Waals surface area contributed by atoms with Crippen LogP contribution >= 0.6 is 31.9 Å². The molecule has 1 fully saturated rings. The van der Waals surface area contributed by atoms with Crippen LogP contribution in [0.2, 0.25) is 0 Å². The van der Waals surface area contributed by atoms with Gasteiger partial charge in [-0.3, -0.25) is 4.79 Å². The van der Waals surface area contributed by atoms with Gasteiger partial charge < -0.3 is 11.1 Å². The van der Waals surface area contributed by atoms with Gasteiger partial charge in [0.25, 0.3) is 0 Å². The molecular weight excluding hydrogens is 372 g/mol. The maximum atomic E-state index is 12.5. The van der Waals surface area contributed by atoms with Gasteiger partial charge in [-0.2, -0.15) is 0 Å². The van der Waals surface area contributed by atoms with Crippen LogP contribution in [0.4, 0.5) is 5.69 Å². The van der Waals surface area contributed by atoms with Gasteiger partial charge in [-0.15, -0.1) is 0 Å². The summed E-state index contributed by atoms with van der Waals surface area (Å²) in [5, 5.41) is 3.01. The van der Waals surface area contributed by atoms with Crippen molar-refractivity contribution >= 4 is 43.5 Å². The molecule has 0 spiro atoms. The Morgan fingerprint density at radius 2 is 1.95 bits per heavy atom. The van der Waals surface area contributed by atoms with Crippen molar-refractivity contribution in [2.45, 2.75) is 32.1 Å². The van der Waals surface area contributed by atoms with Crippen LogP contribution in [0.3, 0.4) is 0 Å². The highest BCUT2D eigenvalue weighted by Gasteiger charge is 2.38. The predicted octanol–water partition coefficient (Wildman–Crippen LogP) is 4.06. The van der Waals surface area contributed by atoms with E-state index >= 15 is 0 Å². The second kappa shape index (κ2) is 6.37. The first-order valence-corrected chi connectivity index (χ1v) is 8.13. The highest BCUT2D eigenvalue weighted by atomic mass is 79.9. The van der Waals surface area contributed by atoms with Gasteiger partial charge in [0.05, 0.1) is 11.1 Å². The quantitative estimate of drug-likeness (QED) is 0.818. The molecule has 1 amide bonds. The molecule has 0 radical (unpaired) electrons. The lowest BCUT2D eigenvalue weighted by Crippen LogP contribution is -2.43. The smallest absolute Gasteiger partial charge is 0.231 e. The van der Waals surface area contributed by atoms with Crippen molar-refractivity contribution in [3.63, 3.8) is 0 Å². The summed E-state index contributed by atoms with van der Waals surface area (Å²) in [7, 11) is 0. The highest BCUT2D eigenvalue weighted by molar-refractivity contribution is 9.11. The molecule has 3 N–H and O–H groups in total. The standard InChI is InChI=1S/C14H18Br2N2O/c15-10-4-5-12(11(16)8-10)18-13(19)14(9-17)6-2-1-3-7-14/h4-5,8H,1-3,6-7,9,17H2,(H,18,19). The third-order valence-electron chi connectivity index (χ3n) is 3.86. The van der Waals surface area contributed by atoms with Gasteiger partial charge in [0.2, 0.25) is 5.91 Å². The molecule has 1 aromatic carbocycles. The van der Waals surface area contributed by atoms with Crippen molar-refractivity contribution in [1.82, 2.24) is 0 Å². The van der Waals surface area contributed by atoms with Gasteiger partial charge >= 0.3 is 0 Å². The molecule has 1 aliphatic rings. The Labute approximate surface area is 130 Å². The number of nitrogens with one attached hydrogen (secondary N) is 1. The molecule has 3 nitrogen and oxygen atoms in total. The van der Waals surface area contributed by atoms with E-state index in [9.17, 15) is 4.79 Å². The van der Waals surface area contributed by atoms with E-state index in [1.165, 1.54) is 6.42 Å². The highest BCUT2D eigenvalue weighted by Crippen LogP contribution is 2.37. The van der Waals surface area contributed by atoms with Crippen LogP contribution in [-0.2, 0) is 4.79 Å². The fraction of sp³-hybridized carbons (Fsp3) is 0.500. The van der Waals surface area contributed by atoms with Gasteiger partial charge in [0.1, 0.15) is 0 Å². The number of rotatable bonds is 3. The summed E-state index contributed by atoms with van der Waals surface area (Å²) in [6.45, 7) is 0.424. The Kier molecular flexibility index (Phi) is 5.03. The summed E-state index contributed by atoms with van der Waals surface area (Å²) in [4.78, 5) is 12.5. The van der Waals surface area contributed by atoms with E-state index in [4.69, 9.17) is 5.73 Å². The minimum atomic E-state index is -0.384. The number of carbonyl (C=O) groups excluding carboxylic acids is 1.